The minimum absolute atomic E-state index is 0.210. The van der Waals surface area contributed by atoms with Crippen LogP contribution in [-0.2, 0) is 4.74 Å². The van der Waals surface area contributed by atoms with Gasteiger partial charge in [0.15, 0.2) is 0 Å². The van der Waals surface area contributed by atoms with Gasteiger partial charge in [-0.25, -0.2) is 4.79 Å². The molecule has 3 aromatic rings. The summed E-state index contributed by atoms with van der Waals surface area (Å²) in [5.74, 6) is -0.187. The predicted molar refractivity (Wildman–Crippen MR) is 89.4 cm³/mol. The Morgan fingerprint density at radius 3 is 2.57 bits per heavy atom. The molecule has 0 spiro atoms. The summed E-state index contributed by atoms with van der Waals surface area (Å²) in [6, 6.07) is 13.7. The second-order valence-electron chi connectivity index (χ2n) is 4.91. The third-order valence-corrected chi connectivity index (χ3v) is 3.61. The highest BCUT2D eigenvalue weighted by atomic mass is 16.5. The monoisotopic (exact) mass is 306 g/mol. The van der Waals surface area contributed by atoms with E-state index in [1.165, 1.54) is 13.2 Å². The highest BCUT2D eigenvalue weighted by molar-refractivity contribution is 5.99. The highest BCUT2D eigenvalue weighted by Crippen LogP contribution is 2.28. The van der Waals surface area contributed by atoms with E-state index < -0.39 is 5.97 Å². The van der Waals surface area contributed by atoms with Gasteiger partial charge >= 0.3 is 5.97 Å². The lowest BCUT2D eigenvalue weighted by Gasteiger charge is -2.10. The maximum Gasteiger partial charge on any atom is 0.338 e. The van der Waals surface area contributed by atoms with Gasteiger partial charge < -0.3 is 9.15 Å². The fourth-order valence-electron chi connectivity index (χ4n) is 2.55. The fraction of sp³-hybridized carbons (Fsp3) is 0.0526. The summed E-state index contributed by atoms with van der Waals surface area (Å²) in [6.45, 7) is 3.71. The van der Waals surface area contributed by atoms with Crippen LogP contribution in [-0.4, -0.2) is 13.1 Å². The predicted octanol–water partition coefficient (Wildman–Crippen LogP) is 3.89. The number of esters is 1. The van der Waals surface area contributed by atoms with Gasteiger partial charge in [-0.2, -0.15) is 0 Å². The molecule has 1 aromatic heterocycles. The van der Waals surface area contributed by atoms with Crippen LogP contribution in [0.4, 0.5) is 0 Å². The maximum absolute atomic E-state index is 12.9. The summed E-state index contributed by atoms with van der Waals surface area (Å²) < 4.78 is 10.6. The van der Waals surface area contributed by atoms with Crippen molar-refractivity contribution >= 4 is 23.0 Å². The first kappa shape index (κ1) is 14.8. The van der Waals surface area contributed by atoms with Gasteiger partial charge in [0.1, 0.15) is 11.3 Å². The normalized spacial score (nSPS) is 10.5. The molecule has 23 heavy (non-hydrogen) atoms. The largest absolute Gasteiger partial charge is 0.465 e. The van der Waals surface area contributed by atoms with Crippen LogP contribution in [0.2, 0.25) is 0 Å². The summed E-state index contributed by atoms with van der Waals surface area (Å²) in [5.41, 5.74) is 1.35. The average molecular weight is 306 g/mol. The first-order valence-electron chi connectivity index (χ1n) is 7.03. The van der Waals surface area contributed by atoms with E-state index >= 15 is 0 Å². The number of rotatable bonds is 3. The Hall–Kier alpha value is -3.14. The Balaban J connectivity index is 2.42. The fourth-order valence-corrected chi connectivity index (χ4v) is 2.55. The molecule has 0 fully saturated rings. The third kappa shape index (κ3) is 2.44. The van der Waals surface area contributed by atoms with Crippen LogP contribution < -0.4 is 5.43 Å². The molecule has 0 atom stereocenters. The standard InChI is InChI=1S/C19H14O4/c1-3-15-17(12-8-4-5-9-13(12)19(21)22-2)18(20)14-10-6-7-11-16(14)23-15/h3-11H,1H2,2H3. The molecule has 0 aliphatic carbocycles. The molecule has 0 bridgehead atoms. The number of ether oxygens (including phenoxy) is 1. The van der Waals surface area contributed by atoms with E-state index in [2.05, 4.69) is 6.58 Å². The lowest BCUT2D eigenvalue weighted by atomic mass is 9.97. The van der Waals surface area contributed by atoms with Crippen molar-refractivity contribution in [1.29, 1.82) is 0 Å². The van der Waals surface area contributed by atoms with E-state index in [1.54, 1.807) is 48.5 Å². The number of hydrogen-bond acceptors (Lipinski definition) is 4. The van der Waals surface area contributed by atoms with Crippen molar-refractivity contribution in [2.24, 2.45) is 0 Å². The summed E-state index contributed by atoms with van der Waals surface area (Å²) in [7, 11) is 1.30. The highest BCUT2D eigenvalue weighted by Gasteiger charge is 2.20. The number of carbonyl (C=O) groups excluding carboxylic acids is 1. The molecule has 0 aliphatic heterocycles. The zero-order chi connectivity index (χ0) is 16.4. The lowest BCUT2D eigenvalue weighted by Crippen LogP contribution is -2.11. The minimum Gasteiger partial charge on any atom is -0.465 e. The molecule has 114 valence electrons. The van der Waals surface area contributed by atoms with E-state index in [0.29, 0.717) is 33.4 Å². The van der Waals surface area contributed by atoms with Gasteiger partial charge in [-0.3, -0.25) is 4.79 Å². The van der Waals surface area contributed by atoms with Crippen molar-refractivity contribution in [2.75, 3.05) is 7.11 Å². The number of fused-ring (bicyclic) bond motifs is 1. The van der Waals surface area contributed by atoms with Gasteiger partial charge in [0.25, 0.3) is 0 Å². The van der Waals surface area contributed by atoms with Gasteiger partial charge in [-0.15, -0.1) is 0 Å². The molecule has 0 saturated carbocycles. The molecule has 4 nitrogen and oxygen atoms in total. The molecular formula is C19H14O4. The van der Waals surface area contributed by atoms with Crippen LogP contribution in [0.1, 0.15) is 16.1 Å². The summed E-state index contributed by atoms with van der Waals surface area (Å²) in [6.07, 6.45) is 1.47. The number of para-hydroxylation sites is 1. The van der Waals surface area contributed by atoms with E-state index in [1.807, 2.05) is 0 Å². The van der Waals surface area contributed by atoms with Crippen LogP contribution in [0.3, 0.4) is 0 Å². The molecule has 0 amide bonds. The maximum atomic E-state index is 12.9. The van der Waals surface area contributed by atoms with Crippen LogP contribution >= 0.6 is 0 Å². The molecule has 3 rings (SSSR count). The Morgan fingerprint density at radius 1 is 1.13 bits per heavy atom. The second-order valence-corrected chi connectivity index (χ2v) is 4.91. The van der Waals surface area contributed by atoms with Gasteiger partial charge in [-0.05, 0) is 24.3 Å². The number of hydrogen-bond donors (Lipinski definition) is 0. The quantitative estimate of drug-likeness (QED) is 0.689. The Bertz CT molecular complexity index is 967. The van der Waals surface area contributed by atoms with Crippen molar-refractivity contribution in [1.82, 2.24) is 0 Å². The molecule has 0 unspecified atom stereocenters. The smallest absolute Gasteiger partial charge is 0.338 e. The average Bonchev–Trinajstić information content (AvgIpc) is 2.61. The van der Waals surface area contributed by atoms with Gasteiger partial charge in [0, 0.05) is 5.56 Å². The minimum atomic E-state index is -0.511. The topological polar surface area (TPSA) is 56.5 Å². The summed E-state index contributed by atoms with van der Waals surface area (Å²) in [4.78, 5) is 24.9. The van der Waals surface area contributed by atoms with E-state index in [4.69, 9.17) is 9.15 Å². The Labute approximate surface area is 132 Å². The molecule has 4 heteroatoms. The number of benzene rings is 2. The van der Waals surface area contributed by atoms with Crippen LogP contribution in [0.25, 0.3) is 28.2 Å². The first-order valence-corrected chi connectivity index (χ1v) is 7.03. The van der Waals surface area contributed by atoms with Gasteiger partial charge in [0.05, 0.1) is 23.6 Å². The van der Waals surface area contributed by atoms with E-state index in [0.717, 1.165) is 0 Å². The Kier molecular flexibility index (Phi) is 3.81. The van der Waals surface area contributed by atoms with Crippen LogP contribution in [0.15, 0.2) is 64.3 Å². The molecular weight excluding hydrogens is 292 g/mol. The van der Waals surface area contributed by atoms with E-state index in [-0.39, 0.29) is 5.43 Å². The zero-order valence-electron chi connectivity index (χ0n) is 12.5. The Morgan fingerprint density at radius 2 is 1.83 bits per heavy atom. The van der Waals surface area contributed by atoms with Crippen molar-refractivity contribution in [3.05, 3.63) is 76.7 Å². The lowest BCUT2D eigenvalue weighted by molar-refractivity contribution is 0.0601. The van der Waals surface area contributed by atoms with Gasteiger partial charge in [0.2, 0.25) is 5.43 Å². The van der Waals surface area contributed by atoms with Crippen LogP contribution in [0, 0.1) is 0 Å². The third-order valence-electron chi connectivity index (χ3n) is 3.61. The number of methoxy groups -OCH3 is 1. The summed E-state index contributed by atoms with van der Waals surface area (Å²) >= 11 is 0. The summed E-state index contributed by atoms with van der Waals surface area (Å²) in [5, 5.41) is 0.452. The zero-order valence-corrected chi connectivity index (χ0v) is 12.5. The molecule has 0 radical (unpaired) electrons. The van der Waals surface area contributed by atoms with Gasteiger partial charge in [-0.1, -0.05) is 36.9 Å². The van der Waals surface area contributed by atoms with E-state index in [9.17, 15) is 9.59 Å². The number of carbonyl (C=O) groups is 1. The van der Waals surface area contributed by atoms with Crippen molar-refractivity contribution in [2.45, 2.75) is 0 Å². The van der Waals surface area contributed by atoms with Crippen molar-refractivity contribution in [3.63, 3.8) is 0 Å². The molecule has 0 saturated heterocycles. The molecule has 1 heterocycles. The van der Waals surface area contributed by atoms with Crippen LogP contribution in [0.5, 0.6) is 0 Å². The van der Waals surface area contributed by atoms with Crippen molar-refractivity contribution < 1.29 is 13.9 Å². The second kappa shape index (κ2) is 5.93. The molecule has 0 aliphatic rings. The van der Waals surface area contributed by atoms with Crippen molar-refractivity contribution in [3.8, 4) is 11.1 Å². The molecule has 0 N–H and O–H groups in total. The molecule has 2 aromatic carbocycles. The SMILES string of the molecule is C=Cc1oc2ccccc2c(=O)c1-c1ccccc1C(=O)OC. The first-order chi connectivity index (χ1) is 11.2.